The van der Waals surface area contributed by atoms with Crippen molar-refractivity contribution in [3.8, 4) is 66.8 Å². The van der Waals surface area contributed by atoms with Gasteiger partial charge in [0.2, 0.25) is 0 Å². The van der Waals surface area contributed by atoms with Crippen LogP contribution in [0.25, 0.3) is 153 Å². The highest BCUT2D eigenvalue weighted by Gasteiger charge is 2.21. The van der Waals surface area contributed by atoms with Crippen LogP contribution >= 0.6 is 0 Å². The zero-order valence-electron chi connectivity index (χ0n) is 40.6. The van der Waals surface area contributed by atoms with Crippen molar-refractivity contribution < 1.29 is 0 Å². The van der Waals surface area contributed by atoms with Gasteiger partial charge in [0.1, 0.15) is 0 Å². The van der Waals surface area contributed by atoms with Crippen molar-refractivity contribution in [1.82, 2.24) is 0 Å². The van der Waals surface area contributed by atoms with Gasteiger partial charge in [-0.3, -0.25) is 0 Å². The quantitative estimate of drug-likeness (QED) is 0.146. The van der Waals surface area contributed by atoms with Crippen LogP contribution in [0.1, 0.15) is 0 Å². The SMILES string of the molecule is c1ccc2c(-c3ccc(-c4c5ccccc5c(-c5cccc6ccc(-c7ccc8cccc(-c9c%10ccccc%10c(-c%10cccc%11ccccc%10%11)c%10ccccc9%10)c8c7)cc56)c5ccccc45)cc3)cccc2c1. The molecule has 15 rings (SSSR count). The molecular formula is C74H46. The summed E-state index contributed by atoms with van der Waals surface area (Å²) in [6.45, 7) is 0. The Morgan fingerprint density at radius 1 is 0.135 bits per heavy atom. The topological polar surface area (TPSA) is 0 Å². The summed E-state index contributed by atoms with van der Waals surface area (Å²) < 4.78 is 0. The molecule has 0 aliphatic heterocycles. The van der Waals surface area contributed by atoms with Gasteiger partial charge in [0.15, 0.2) is 0 Å². The second kappa shape index (κ2) is 17.0. The highest BCUT2D eigenvalue weighted by molar-refractivity contribution is 6.26. The molecule has 0 unspecified atom stereocenters. The number of fused-ring (bicyclic) bond motifs is 8. The van der Waals surface area contributed by atoms with Crippen LogP contribution in [0.15, 0.2) is 279 Å². The van der Waals surface area contributed by atoms with E-state index < -0.39 is 0 Å². The van der Waals surface area contributed by atoms with E-state index in [1.807, 2.05) is 0 Å². The molecule has 15 aromatic rings. The Balaban J connectivity index is 0.892. The van der Waals surface area contributed by atoms with Crippen LogP contribution < -0.4 is 0 Å². The lowest BCUT2D eigenvalue weighted by atomic mass is 9.83. The first-order valence-corrected chi connectivity index (χ1v) is 25.7. The van der Waals surface area contributed by atoms with E-state index in [1.54, 1.807) is 0 Å². The summed E-state index contributed by atoms with van der Waals surface area (Å²) in [5.74, 6) is 0. The van der Waals surface area contributed by atoms with Crippen molar-refractivity contribution in [2.45, 2.75) is 0 Å². The van der Waals surface area contributed by atoms with E-state index in [0.717, 1.165) is 0 Å². The third-order valence-corrected chi connectivity index (χ3v) is 15.8. The molecule has 0 heterocycles. The molecule has 0 aliphatic carbocycles. The molecule has 0 aliphatic rings. The van der Waals surface area contributed by atoms with Gasteiger partial charge in [0.05, 0.1) is 0 Å². The Morgan fingerprint density at radius 3 is 0.784 bits per heavy atom. The van der Waals surface area contributed by atoms with E-state index in [0.29, 0.717) is 0 Å². The van der Waals surface area contributed by atoms with Crippen LogP contribution in [-0.2, 0) is 0 Å². The van der Waals surface area contributed by atoms with Crippen molar-refractivity contribution in [2.24, 2.45) is 0 Å². The van der Waals surface area contributed by atoms with E-state index in [2.05, 4.69) is 279 Å². The van der Waals surface area contributed by atoms with Crippen LogP contribution in [0, 0.1) is 0 Å². The molecule has 0 bridgehead atoms. The molecule has 0 N–H and O–H groups in total. The number of hydrogen-bond donors (Lipinski definition) is 0. The van der Waals surface area contributed by atoms with Gasteiger partial charge in [-0.1, -0.05) is 267 Å². The Bertz CT molecular complexity index is 4640. The molecule has 15 aromatic carbocycles. The number of hydrogen-bond acceptors (Lipinski definition) is 0. The van der Waals surface area contributed by atoms with Crippen molar-refractivity contribution in [2.75, 3.05) is 0 Å². The van der Waals surface area contributed by atoms with E-state index in [-0.39, 0.29) is 0 Å². The molecule has 74 heavy (non-hydrogen) atoms. The second-order valence-corrected chi connectivity index (χ2v) is 19.8. The minimum atomic E-state index is 1.19. The summed E-state index contributed by atoms with van der Waals surface area (Å²) in [4.78, 5) is 0. The fraction of sp³-hybridized carbons (Fsp3) is 0. The van der Waals surface area contributed by atoms with Crippen LogP contribution in [0.3, 0.4) is 0 Å². The van der Waals surface area contributed by atoms with E-state index >= 15 is 0 Å². The molecule has 0 fully saturated rings. The van der Waals surface area contributed by atoms with E-state index in [1.165, 1.54) is 153 Å². The molecule has 0 amide bonds. The summed E-state index contributed by atoms with van der Waals surface area (Å²) in [5.41, 5.74) is 14.9. The molecule has 0 nitrogen and oxygen atoms in total. The predicted octanol–water partition coefficient (Wildman–Crippen LogP) is 20.9. The van der Waals surface area contributed by atoms with Gasteiger partial charge in [0, 0.05) is 0 Å². The summed E-state index contributed by atoms with van der Waals surface area (Å²) >= 11 is 0. The highest BCUT2D eigenvalue weighted by atomic mass is 14.2. The maximum atomic E-state index is 2.43. The minimum Gasteiger partial charge on any atom is -0.0616 e. The van der Waals surface area contributed by atoms with Gasteiger partial charge in [-0.2, -0.15) is 0 Å². The zero-order valence-corrected chi connectivity index (χ0v) is 40.6. The zero-order chi connectivity index (χ0) is 48.7. The third kappa shape index (κ3) is 6.62. The van der Waals surface area contributed by atoms with Gasteiger partial charge in [-0.25, -0.2) is 0 Å². The number of benzene rings is 15. The molecule has 0 atom stereocenters. The molecular weight excluding hydrogens is 889 g/mol. The Morgan fingerprint density at radius 2 is 0.392 bits per heavy atom. The Kier molecular flexibility index (Phi) is 9.68. The lowest BCUT2D eigenvalue weighted by Crippen LogP contribution is -1.93. The highest BCUT2D eigenvalue weighted by Crippen LogP contribution is 2.49. The molecule has 0 saturated carbocycles. The molecule has 0 saturated heterocycles. The summed E-state index contributed by atoms with van der Waals surface area (Å²) in [5, 5.41) is 20.0. The molecule has 0 heteroatoms. The van der Waals surface area contributed by atoms with Crippen LogP contribution in [0.2, 0.25) is 0 Å². The summed E-state index contributed by atoms with van der Waals surface area (Å²) in [6, 6.07) is 104. The number of rotatable bonds is 6. The second-order valence-electron chi connectivity index (χ2n) is 19.8. The fourth-order valence-corrected chi connectivity index (χ4v) is 12.5. The van der Waals surface area contributed by atoms with Gasteiger partial charge in [-0.15, -0.1) is 0 Å². The standard InChI is InChI=1S/C74H46/c1-3-23-55-47(17-1)19-13-33-56(55)51-37-41-52(42-38-51)71-59-25-5-7-27-61(59)73(62-28-8-6-26-60(62)71)67-35-15-21-49-39-43-53(45-69(49)67)54-44-40-50-22-16-36-68(70(50)46-54)74-65-31-11-9-29-63(65)72(64-30-10-12-32-66(64)74)58-34-14-20-48-18-2-4-24-57(48)58/h1-46H. The average molecular weight is 935 g/mol. The smallest absolute Gasteiger partial charge is 0.00201 e. The summed E-state index contributed by atoms with van der Waals surface area (Å²) in [7, 11) is 0. The first kappa shape index (κ1) is 42.1. The van der Waals surface area contributed by atoms with Gasteiger partial charge in [-0.05, 0) is 165 Å². The van der Waals surface area contributed by atoms with Gasteiger partial charge < -0.3 is 0 Å². The summed E-state index contributed by atoms with van der Waals surface area (Å²) in [6.07, 6.45) is 0. The predicted molar refractivity (Wildman–Crippen MR) is 319 cm³/mol. The Hall–Kier alpha value is -9.62. The maximum absolute atomic E-state index is 2.43. The van der Waals surface area contributed by atoms with Gasteiger partial charge >= 0.3 is 0 Å². The van der Waals surface area contributed by atoms with Crippen molar-refractivity contribution in [3.63, 3.8) is 0 Å². The van der Waals surface area contributed by atoms with E-state index in [9.17, 15) is 0 Å². The maximum Gasteiger partial charge on any atom is -0.00201 e. The first-order chi connectivity index (χ1) is 36.7. The fourth-order valence-electron chi connectivity index (χ4n) is 12.5. The van der Waals surface area contributed by atoms with Crippen molar-refractivity contribution >= 4 is 86.2 Å². The lowest BCUT2D eigenvalue weighted by molar-refractivity contribution is 1.63. The molecule has 342 valence electrons. The monoisotopic (exact) mass is 934 g/mol. The lowest BCUT2D eigenvalue weighted by Gasteiger charge is -2.20. The van der Waals surface area contributed by atoms with Crippen LogP contribution in [-0.4, -0.2) is 0 Å². The average Bonchev–Trinajstić information content (AvgIpc) is 3.51. The molecule has 0 aromatic heterocycles. The van der Waals surface area contributed by atoms with Crippen LogP contribution in [0.4, 0.5) is 0 Å². The minimum absolute atomic E-state index is 1.19. The van der Waals surface area contributed by atoms with Crippen molar-refractivity contribution in [3.05, 3.63) is 279 Å². The largest absolute Gasteiger partial charge is 0.0616 e. The molecule has 0 radical (unpaired) electrons. The Labute approximate surface area is 429 Å². The third-order valence-electron chi connectivity index (χ3n) is 15.8. The van der Waals surface area contributed by atoms with Crippen molar-refractivity contribution in [1.29, 1.82) is 0 Å². The van der Waals surface area contributed by atoms with E-state index in [4.69, 9.17) is 0 Å². The molecule has 0 spiro atoms. The van der Waals surface area contributed by atoms with Crippen LogP contribution in [0.5, 0.6) is 0 Å². The normalized spacial score (nSPS) is 11.8. The van der Waals surface area contributed by atoms with Gasteiger partial charge in [0.25, 0.3) is 0 Å². The first-order valence-electron chi connectivity index (χ1n) is 25.7.